The Morgan fingerprint density at radius 1 is 1.39 bits per heavy atom. The van der Waals surface area contributed by atoms with Crippen LogP contribution in [0.5, 0.6) is 11.5 Å². The quantitative estimate of drug-likeness (QED) is 0.870. The van der Waals surface area contributed by atoms with Gasteiger partial charge in [-0.3, -0.25) is 4.68 Å². The van der Waals surface area contributed by atoms with Gasteiger partial charge in [-0.15, -0.1) is 0 Å². The highest BCUT2D eigenvalue weighted by molar-refractivity contribution is 5.33. The number of methoxy groups -OCH3 is 1. The zero-order valence-corrected chi connectivity index (χ0v) is 10.5. The summed E-state index contributed by atoms with van der Waals surface area (Å²) in [6.45, 7) is 0.392. The smallest absolute Gasteiger partial charge is 0.139 e. The Morgan fingerprint density at radius 3 is 2.78 bits per heavy atom. The van der Waals surface area contributed by atoms with E-state index in [9.17, 15) is 0 Å². The van der Waals surface area contributed by atoms with Crippen LogP contribution in [0.2, 0.25) is 0 Å². The van der Waals surface area contributed by atoms with Crippen LogP contribution >= 0.6 is 0 Å². The lowest BCUT2D eigenvalue weighted by atomic mass is 10.2. The second-order valence-corrected chi connectivity index (χ2v) is 3.97. The molecule has 1 atom stereocenters. The maximum Gasteiger partial charge on any atom is 0.139 e. The minimum absolute atomic E-state index is 0.203. The molecule has 2 N–H and O–H groups in total. The lowest BCUT2D eigenvalue weighted by molar-refractivity contribution is 0.213. The van der Waals surface area contributed by atoms with Crippen molar-refractivity contribution in [2.45, 2.75) is 6.10 Å². The van der Waals surface area contributed by atoms with Gasteiger partial charge in [0.15, 0.2) is 0 Å². The van der Waals surface area contributed by atoms with Gasteiger partial charge in [-0.05, 0) is 12.1 Å². The molecule has 0 aliphatic rings. The molecule has 0 radical (unpaired) electrons. The summed E-state index contributed by atoms with van der Waals surface area (Å²) in [6, 6.07) is 7.46. The first-order valence-corrected chi connectivity index (χ1v) is 5.72. The number of aryl methyl sites for hydroxylation is 1. The third kappa shape index (κ3) is 2.81. The molecule has 0 aliphatic carbocycles. The summed E-state index contributed by atoms with van der Waals surface area (Å²) in [5.41, 5.74) is 6.70. The van der Waals surface area contributed by atoms with Crippen molar-refractivity contribution in [1.29, 1.82) is 0 Å². The van der Waals surface area contributed by atoms with Crippen molar-refractivity contribution >= 4 is 0 Å². The first-order chi connectivity index (χ1) is 8.72. The van der Waals surface area contributed by atoms with Crippen LogP contribution in [-0.2, 0) is 7.05 Å². The Kier molecular flexibility index (Phi) is 3.84. The molecule has 1 unspecified atom stereocenters. The van der Waals surface area contributed by atoms with Gasteiger partial charge < -0.3 is 15.2 Å². The second-order valence-electron chi connectivity index (χ2n) is 3.97. The van der Waals surface area contributed by atoms with Crippen molar-refractivity contribution in [2.75, 3.05) is 13.7 Å². The molecule has 96 valence electrons. The molecule has 1 aromatic heterocycles. The van der Waals surface area contributed by atoms with Gasteiger partial charge in [0.2, 0.25) is 0 Å². The van der Waals surface area contributed by atoms with Crippen LogP contribution in [0, 0.1) is 0 Å². The van der Waals surface area contributed by atoms with Crippen molar-refractivity contribution < 1.29 is 9.47 Å². The predicted octanol–water partition coefficient (Wildman–Crippen LogP) is 1.51. The fraction of sp³-hybridized carbons (Fsp3) is 0.308. The molecule has 0 bridgehead atoms. The van der Waals surface area contributed by atoms with E-state index in [0.29, 0.717) is 6.54 Å². The number of nitrogens with zero attached hydrogens (tertiary/aromatic N) is 2. The molecule has 5 nitrogen and oxygen atoms in total. The molecule has 0 spiro atoms. The molecule has 0 amide bonds. The van der Waals surface area contributed by atoms with Crippen molar-refractivity contribution in [2.24, 2.45) is 12.8 Å². The molecule has 1 aromatic carbocycles. The molecule has 1 heterocycles. The van der Waals surface area contributed by atoms with Crippen molar-refractivity contribution in [3.05, 3.63) is 42.2 Å². The number of hydrogen-bond donors (Lipinski definition) is 1. The van der Waals surface area contributed by atoms with Crippen molar-refractivity contribution in [3.8, 4) is 11.5 Å². The van der Waals surface area contributed by atoms with Gasteiger partial charge in [0.25, 0.3) is 0 Å². The fourth-order valence-corrected chi connectivity index (χ4v) is 1.70. The van der Waals surface area contributed by atoms with Crippen LogP contribution in [0.4, 0.5) is 0 Å². The molecular formula is C13H17N3O2. The van der Waals surface area contributed by atoms with Gasteiger partial charge in [-0.2, -0.15) is 5.10 Å². The summed E-state index contributed by atoms with van der Waals surface area (Å²) < 4.78 is 12.7. The Morgan fingerprint density at radius 2 is 2.17 bits per heavy atom. The van der Waals surface area contributed by atoms with E-state index in [4.69, 9.17) is 15.2 Å². The lowest BCUT2D eigenvalue weighted by Gasteiger charge is -2.16. The number of benzene rings is 1. The highest BCUT2D eigenvalue weighted by atomic mass is 16.5. The first kappa shape index (κ1) is 12.4. The summed E-state index contributed by atoms with van der Waals surface area (Å²) in [7, 11) is 3.49. The van der Waals surface area contributed by atoms with E-state index in [2.05, 4.69) is 5.10 Å². The third-order valence-electron chi connectivity index (χ3n) is 2.63. The summed E-state index contributed by atoms with van der Waals surface area (Å²) in [4.78, 5) is 0. The van der Waals surface area contributed by atoms with Crippen LogP contribution in [0.25, 0.3) is 0 Å². The van der Waals surface area contributed by atoms with E-state index in [1.807, 2.05) is 37.5 Å². The normalized spacial score (nSPS) is 12.2. The Hall–Kier alpha value is -2.01. The zero-order chi connectivity index (χ0) is 13.0. The van der Waals surface area contributed by atoms with Crippen LogP contribution in [-0.4, -0.2) is 23.4 Å². The molecule has 5 heteroatoms. The molecule has 0 saturated heterocycles. The number of hydrogen-bond acceptors (Lipinski definition) is 4. The maximum absolute atomic E-state index is 5.85. The number of nitrogens with two attached hydrogens (primary N) is 1. The molecular weight excluding hydrogens is 230 g/mol. The lowest BCUT2D eigenvalue weighted by Crippen LogP contribution is -2.18. The minimum atomic E-state index is -0.203. The SMILES string of the molecule is COc1cccc(OC(CN)c2cnn(C)c2)c1. The van der Waals surface area contributed by atoms with Gasteiger partial charge in [0.05, 0.1) is 13.3 Å². The number of rotatable bonds is 5. The van der Waals surface area contributed by atoms with Gasteiger partial charge in [0, 0.05) is 31.4 Å². The number of aromatic nitrogens is 2. The largest absolute Gasteiger partial charge is 0.497 e. The van der Waals surface area contributed by atoms with Crippen molar-refractivity contribution in [1.82, 2.24) is 9.78 Å². The Balaban J connectivity index is 2.14. The molecule has 0 saturated carbocycles. The van der Waals surface area contributed by atoms with Gasteiger partial charge in [-0.1, -0.05) is 6.07 Å². The first-order valence-electron chi connectivity index (χ1n) is 5.72. The molecule has 0 fully saturated rings. The standard InChI is InChI=1S/C13H17N3O2/c1-16-9-10(8-15-16)13(7-14)18-12-5-3-4-11(6-12)17-2/h3-6,8-9,13H,7,14H2,1-2H3. The predicted molar refractivity (Wildman–Crippen MR) is 68.6 cm³/mol. The van der Waals surface area contributed by atoms with Gasteiger partial charge in [0.1, 0.15) is 17.6 Å². The van der Waals surface area contributed by atoms with E-state index < -0.39 is 0 Å². The minimum Gasteiger partial charge on any atom is -0.497 e. The van der Waals surface area contributed by atoms with E-state index in [1.54, 1.807) is 18.0 Å². The van der Waals surface area contributed by atoms with Crippen LogP contribution < -0.4 is 15.2 Å². The van der Waals surface area contributed by atoms with E-state index >= 15 is 0 Å². The zero-order valence-electron chi connectivity index (χ0n) is 10.5. The van der Waals surface area contributed by atoms with Gasteiger partial charge in [-0.25, -0.2) is 0 Å². The number of ether oxygens (including phenoxy) is 2. The monoisotopic (exact) mass is 247 g/mol. The molecule has 2 rings (SSSR count). The molecule has 2 aromatic rings. The fourth-order valence-electron chi connectivity index (χ4n) is 1.70. The van der Waals surface area contributed by atoms with Gasteiger partial charge >= 0.3 is 0 Å². The topological polar surface area (TPSA) is 62.3 Å². The second kappa shape index (κ2) is 5.55. The van der Waals surface area contributed by atoms with E-state index in [0.717, 1.165) is 17.1 Å². The van der Waals surface area contributed by atoms with E-state index in [1.165, 1.54) is 0 Å². The van der Waals surface area contributed by atoms with E-state index in [-0.39, 0.29) is 6.10 Å². The Bertz CT molecular complexity index is 510. The maximum atomic E-state index is 5.85. The average molecular weight is 247 g/mol. The summed E-state index contributed by atoms with van der Waals surface area (Å²) in [6.07, 6.45) is 3.46. The summed E-state index contributed by atoms with van der Waals surface area (Å²) in [5.74, 6) is 1.49. The average Bonchev–Trinajstić information content (AvgIpc) is 2.82. The highest BCUT2D eigenvalue weighted by Gasteiger charge is 2.13. The molecule has 0 aliphatic heterocycles. The Labute approximate surface area is 106 Å². The van der Waals surface area contributed by atoms with Crippen LogP contribution in [0.15, 0.2) is 36.7 Å². The van der Waals surface area contributed by atoms with Crippen LogP contribution in [0.3, 0.4) is 0 Å². The molecule has 18 heavy (non-hydrogen) atoms. The van der Waals surface area contributed by atoms with Crippen molar-refractivity contribution in [3.63, 3.8) is 0 Å². The highest BCUT2D eigenvalue weighted by Crippen LogP contribution is 2.24. The third-order valence-corrected chi connectivity index (χ3v) is 2.63. The summed E-state index contributed by atoms with van der Waals surface area (Å²) in [5, 5.41) is 4.12. The van der Waals surface area contributed by atoms with Crippen LogP contribution in [0.1, 0.15) is 11.7 Å². The summed E-state index contributed by atoms with van der Waals surface area (Å²) >= 11 is 0.